The van der Waals surface area contributed by atoms with Gasteiger partial charge < -0.3 is 10.5 Å². The Morgan fingerprint density at radius 3 is 2.61 bits per heavy atom. The highest BCUT2D eigenvalue weighted by atomic mass is 19.1. The highest BCUT2D eigenvalue weighted by Crippen LogP contribution is 2.29. The van der Waals surface area contributed by atoms with Gasteiger partial charge in [-0.15, -0.1) is 0 Å². The van der Waals surface area contributed by atoms with Crippen LogP contribution in [0.4, 0.5) is 10.2 Å². The summed E-state index contributed by atoms with van der Waals surface area (Å²) in [6, 6.07) is 4.79. The minimum absolute atomic E-state index is 0.0613. The van der Waals surface area contributed by atoms with Crippen molar-refractivity contribution in [1.29, 1.82) is 0 Å². The second-order valence-electron chi connectivity index (χ2n) is 4.38. The molecule has 2 N–H and O–H groups in total. The van der Waals surface area contributed by atoms with Gasteiger partial charge in [-0.25, -0.2) is 4.39 Å². The van der Waals surface area contributed by atoms with Crippen LogP contribution < -0.4 is 10.5 Å². The van der Waals surface area contributed by atoms with Crippen molar-refractivity contribution in [2.24, 2.45) is 7.05 Å². The summed E-state index contributed by atoms with van der Waals surface area (Å²) in [5.74, 6) is 0.354. The van der Waals surface area contributed by atoms with Gasteiger partial charge in [0.2, 0.25) is 0 Å². The van der Waals surface area contributed by atoms with Gasteiger partial charge in [0.25, 0.3) is 0 Å². The predicted molar refractivity (Wildman–Crippen MR) is 68.8 cm³/mol. The van der Waals surface area contributed by atoms with Crippen LogP contribution in [0.2, 0.25) is 0 Å². The van der Waals surface area contributed by atoms with Gasteiger partial charge in [0.1, 0.15) is 5.82 Å². The number of nitrogens with zero attached hydrogens (tertiary/aromatic N) is 2. The molecule has 0 amide bonds. The monoisotopic (exact) mass is 249 g/mol. The molecule has 4 nitrogen and oxygen atoms in total. The lowest BCUT2D eigenvalue weighted by molar-refractivity contribution is 0.231. The highest BCUT2D eigenvalue weighted by molar-refractivity contribution is 5.73. The molecule has 0 unspecified atom stereocenters. The molecule has 2 aromatic rings. The van der Waals surface area contributed by atoms with Crippen LogP contribution in [-0.4, -0.2) is 15.9 Å². The molecule has 2 rings (SSSR count). The molecule has 0 saturated carbocycles. The fourth-order valence-corrected chi connectivity index (χ4v) is 1.69. The summed E-state index contributed by atoms with van der Waals surface area (Å²) in [5, 5.41) is 4.03. The van der Waals surface area contributed by atoms with Crippen molar-refractivity contribution in [2.45, 2.75) is 20.0 Å². The van der Waals surface area contributed by atoms with Crippen LogP contribution in [0.15, 0.2) is 24.4 Å². The SMILES string of the molecule is CC(C)Oc1ccc(-c2cnn(C)c2N)cc1F. The maximum atomic E-state index is 13.8. The number of aryl methyl sites for hydroxylation is 1. The van der Waals surface area contributed by atoms with E-state index in [9.17, 15) is 4.39 Å². The van der Waals surface area contributed by atoms with Gasteiger partial charge >= 0.3 is 0 Å². The lowest BCUT2D eigenvalue weighted by Crippen LogP contribution is -2.06. The summed E-state index contributed by atoms with van der Waals surface area (Å²) >= 11 is 0. The predicted octanol–water partition coefficient (Wildman–Crippen LogP) is 2.60. The van der Waals surface area contributed by atoms with E-state index in [0.29, 0.717) is 16.9 Å². The Labute approximate surface area is 105 Å². The molecule has 5 heteroatoms. The second kappa shape index (κ2) is 4.68. The van der Waals surface area contributed by atoms with Crippen LogP contribution >= 0.6 is 0 Å². The van der Waals surface area contributed by atoms with E-state index in [4.69, 9.17) is 10.5 Å². The number of benzene rings is 1. The number of nitrogen functional groups attached to an aromatic ring is 1. The Bertz CT molecular complexity index is 563. The third kappa shape index (κ3) is 2.30. The van der Waals surface area contributed by atoms with Crippen molar-refractivity contribution in [3.05, 3.63) is 30.2 Å². The fourth-order valence-electron chi connectivity index (χ4n) is 1.69. The van der Waals surface area contributed by atoms with Crippen molar-refractivity contribution in [3.8, 4) is 16.9 Å². The van der Waals surface area contributed by atoms with Crippen molar-refractivity contribution in [2.75, 3.05) is 5.73 Å². The molecule has 0 fully saturated rings. The van der Waals surface area contributed by atoms with E-state index in [1.807, 2.05) is 13.8 Å². The van der Waals surface area contributed by atoms with E-state index in [1.165, 1.54) is 6.07 Å². The number of hydrogen-bond donors (Lipinski definition) is 1. The van der Waals surface area contributed by atoms with E-state index in [2.05, 4.69) is 5.10 Å². The van der Waals surface area contributed by atoms with Crippen molar-refractivity contribution in [3.63, 3.8) is 0 Å². The van der Waals surface area contributed by atoms with Crippen molar-refractivity contribution < 1.29 is 9.13 Å². The molecule has 96 valence electrons. The smallest absolute Gasteiger partial charge is 0.165 e. The Morgan fingerprint density at radius 1 is 1.39 bits per heavy atom. The third-order valence-electron chi connectivity index (χ3n) is 2.59. The molecule has 18 heavy (non-hydrogen) atoms. The number of anilines is 1. The average Bonchev–Trinajstić information content (AvgIpc) is 2.62. The average molecular weight is 249 g/mol. The molecule has 0 radical (unpaired) electrons. The first-order valence-corrected chi connectivity index (χ1v) is 5.73. The van der Waals surface area contributed by atoms with Gasteiger partial charge in [0.05, 0.1) is 12.3 Å². The number of hydrogen-bond acceptors (Lipinski definition) is 3. The highest BCUT2D eigenvalue weighted by Gasteiger charge is 2.11. The molecular weight excluding hydrogens is 233 g/mol. The molecule has 1 aromatic carbocycles. The van der Waals surface area contributed by atoms with Crippen molar-refractivity contribution >= 4 is 5.82 Å². The second-order valence-corrected chi connectivity index (χ2v) is 4.38. The summed E-state index contributed by atoms with van der Waals surface area (Å²) in [6.07, 6.45) is 1.56. The number of aromatic nitrogens is 2. The van der Waals surface area contributed by atoms with Crippen LogP contribution in [0.5, 0.6) is 5.75 Å². The largest absolute Gasteiger partial charge is 0.488 e. The van der Waals surface area contributed by atoms with Crippen LogP contribution in [0.25, 0.3) is 11.1 Å². The van der Waals surface area contributed by atoms with Crippen LogP contribution in [-0.2, 0) is 7.05 Å². The molecule has 0 atom stereocenters. The molecule has 1 heterocycles. The Morgan fingerprint density at radius 2 is 2.11 bits per heavy atom. The first-order chi connectivity index (χ1) is 8.49. The maximum absolute atomic E-state index is 13.8. The van der Waals surface area contributed by atoms with Gasteiger partial charge in [-0.3, -0.25) is 4.68 Å². The van der Waals surface area contributed by atoms with E-state index in [1.54, 1.807) is 30.1 Å². The fraction of sp³-hybridized carbons (Fsp3) is 0.308. The lowest BCUT2D eigenvalue weighted by Gasteiger charge is -2.11. The van der Waals surface area contributed by atoms with E-state index in [-0.39, 0.29) is 11.9 Å². The van der Waals surface area contributed by atoms with E-state index < -0.39 is 5.82 Å². The number of rotatable bonds is 3. The zero-order valence-electron chi connectivity index (χ0n) is 10.6. The van der Waals surface area contributed by atoms with Gasteiger partial charge in [-0.05, 0) is 31.5 Å². The minimum Gasteiger partial charge on any atom is -0.488 e. The molecule has 0 saturated heterocycles. The minimum atomic E-state index is -0.399. The van der Waals surface area contributed by atoms with Gasteiger partial charge in [0.15, 0.2) is 11.6 Å². The zero-order valence-corrected chi connectivity index (χ0v) is 10.6. The maximum Gasteiger partial charge on any atom is 0.165 e. The van der Waals surface area contributed by atoms with Crippen LogP contribution in [0.1, 0.15) is 13.8 Å². The molecule has 0 aliphatic heterocycles. The Balaban J connectivity index is 2.37. The molecule has 1 aromatic heterocycles. The lowest BCUT2D eigenvalue weighted by atomic mass is 10.1. The van der Waals surface area contributed by atoms with Crippen LogP contribution in [0.3, 0.4) is 0 Å². The number of nitrogens with two attached hydrogens (primary N) is 1. The molecule has 0 bridgehead atoms. The summed E-state index contributed by atoms with van der Waals surface area (Å²) in [7, 11) is 1.74. The van der Waals surface area contributed by atoms with Gasteiger partial charge in [-0.1, -0.05) is 6.07 Å². The Kier molecular flexibility index (Phi) is 3.23. The summed E-state index contributed by atoms with van der Waals surface area (Å²) in [4.78, 5) is 0. The number of halogens is 1. The van der Waals surface area contributed by atoms with E-state index in [0.717, 1.165) is 0 Å². The third-order valence-corrected chi connectivity index (χ3v) is 2.59. The quantitative estimate of drug-likeness (QED) is 0.909. The normalized spacial score (nSPS) is 10.9. The first kappa shape index (κ1) is 12.4. The number of ether oxygens (including phenoxy) is 1. The van der Waals surface area contributed by atoms with Gasteiger partial charge in [0, 0.05) is 12.6 Å². The topological polar surface area (TPSA) is 53.1 Å². The standard InChI is InChI=1S/C13H16FN3O/c1-8(2)18-12-5-4-9(6-11(12)14)10-7-16-17(3)13(10)15/h4-8H,15H2,1-3H3. The van der Waals surface area contributed by atoms with E-state index >= 15 is 0 Å². The first-order valence-electron chi connectivity index (χ1n) is 5.73. The van der Waals surface area contributed by atoms with Gasteiger partial charge in [-0.2, -0.15) is 5.10 Å². The summed E-state index contributed by atoms with van der Waals surface area (Å²) < 4.78 is 20.7. The van der Waals surface area contributed by atoms with Crippen molar-refractivity contribution in [1.82, 2.24) is 9.78 Å². The van der Waals surface area contributed by atoms with Crippen LogP contribution in [0, 0.1) is 5.82 Å². The zero-order chi connectivity index (χ0) is 13.3. The summed E-state index contributed by atoms with van der Waals surface area (Å²) in [5.41, 5.74) is 7.25. The molecular formula is C13H16FN3O. The molecule has 0 aliphatic carbocycles. The molecule has 0 spiro atoms. The summed E-state index contributed by atoms with van der Waals surface area (Å²) in [6.45, 7) is 3.71. The Hall–Kier alpha value is -2.04. The molecule has 0 aliphatic rings.